The molecule has 0 bridgehead atoms. The van der Waals surface area contributed by atoms with Gasteiger partial charge in [-0.25, -0.2) is 8.42 Å². The van der Waals surface area contributed by atoms with Crippen molar-refractivity contribution in [2.45, 2.75) is 42.4 Å². The fraction of sp³-hybridized carbons (Fsp3) is 0.400. The van der Waals surface area contributed by atoms with Crippen LogP contribution in [-0.2, 0) is 26.8 Å². The van der Waals surface area contributed by atoms with Crippen molar-refractivity contribution in [3.05, 3.63) is 42.0 Å². The molecule has 1 aliphatic rings. The van der Waals surface area contributed by atoms with E-state index in [2.05, 4.69) is 15.5 Å². The van der Waals surface area contributed by atoms with Crippen LogP contribution in [0.25, 0.3) is 0 Å². The minimum absolute atomic E-state index is 0.0517. The number of rotatable bonds is 7. The molecule has 1 saturated carbocycles. The molecule has 3 rings (SSSR count). The molecule has 1 amide bonds. The summed E-state index contributed by atoms with van der Waals surface area (Å²) in [5.41, 5.74) is 0. The van der Waals surface area contributed by atoms with Gasteiger partial charge in [-0.1, -0.05) is 23.4 Å². The molecule has 0 radical (unpaired) electrons. The fourth-order valence-corrected chi connectivity index (χ4v) is 3.28. The van der Waals surface area contributed by atoms with Gasteiger partial charge in [0.1, 0.15) is 5.75 Å². The second kappa shape index (κ2) is 6.49. The lowest BCUT2D eigenvalue weighted by Crippen LogP contribution is -2.25. The zero-order valence-corrected chi connectivity index (χ0v) is 13.3. The number of carbonyl (C=O) groups excluding carboxylic acids is 1. The number of aromatic nitrogens is 2. The molecule has 0 atom stereocenters. The van der Waals surface area contributed by atoms with Crippen molar-refractivity contribution in [1.82, 2.24) is 15.5 Å². The van der Waals surface area contributed by atoms with Crippen molar-refractivity contribution in [3.8, 4) is 0 Å². The maximum absolute atomic E-state index is 12.2. The van der Waals surface area contributed by atoms with Crippen molar-refractivity contribution in [1.29, 1.82) is 0 Å². The third kappa shape index (κ3) is 4.38. The van der Waals surface area contributed by atoms with Gasteiger partial charge in [-0.15, -0.1) is 0 Å². The lowest BCUT2D eigenvalue weighted by molar-refractivity contribution is -0.121. The minimum atomic E-state index is -3.50. The van der Waals surface area contributed by atoms with Gasteiger partial charge in [0.25, 0.3) is 0 Å². The number of nitrogens with one attached hydrogen (secondary N) is 1. The van der Waals surface area contributed by atoms with E-state index in [1.54, 1.807) is 18.2 Å². The van der Waals surface area contributed by atoms with Crippen LogP contribution < -0.4 is 5.32 Å². The summed E-state index contributed by atoms with van der Waals surface area (Å²) >= 11 is 0. The monoisotopic (exact) mass is 335 g/mol. The van der Waals surface area contributed by atoms with Crippen LogP contribution in [0.5, 0.6) is 0 Å². The van der Waals surface area contributed by atoms with E-state index in [1.165, 1.54) is 12.1 Å². The maximum Gasteiger partial charge on any atom is 0.227 e. The average molecular weight is 335 g/mol. The first-order chi connectivity index (χ1) is 11.0. The van der Waals surface area contributed by atoms with Crippen molar-refractivity contribution < 1.29 is 17.7 Å². The highest BCUT2D eigenvalue weighted by molar-refractivity contribution is 7.90. The lowest BCUT2D eigenvalue weighted by atomic mass is 10.3. The number of benzene rings is 1. The van der Waals surface area contributed by atoms with Crippen LogP contribution in [0.15, 0.2) is 39.8 Å². The molecule has 122 valence electrons. The van der Waals surface area contributed by atoms with Crippen LogP contribution in [0.3, 0.4) is 0 Å². The molecule has 1 fully saturated rings. The standard InChI is InChI=1S/C15H17N3O4S/c19-14(16-11-6-7-11)8-9-15-17-13(18-22-15)10-23(20,21)12-4-2-1-3-5-12/h1-5,11H,6-10H2,(H,16,19). The zero-order valence-electron chi connectivity index (χ0n) is 12.4. The summed E-state index contributed by atoms with van der Waals surface area (Å²) in [6.07, 6.45) is 2.63. The van der Waals surface area contributed by atoms with E-state index in [1.807, 2.05) is 0 Å². The highest BCUT2D eigenvalue weighted by Crippen LogP contribution is 2.19. The van der Waals surface area contributed by atoms with Gasteiger partial charge >= 0.3 is 0 Å². The molecule has 1 N–H and O–H groups in total. The molecule has 0 spiro atoms. The van der Waals surface area contributed by atoms with Crippen LogP contribution in [-0.4, -0.2) is 30.5 Å². The van der Waals surface area contributed by atoms with Gasteiger partial charge in [-0.3, -0.25) is 4.79 Å². The van der Waals surface area contributed by atoms with Crippen LogP contribution in [0.4, 0.5) is 0 Å². The van der Waals surface area contributed by atoms with Gasteiger partial charge in [-0.05, 0) is 25.0 Å². The van der Waals surface area contributed by atoms with Gasteiger partial charge < -0.3 is 9.84 Å². The molecular weight excluding hydrogens is 318 g/mol. The first-order valence-electron chi connectivity index (χ1n) is 7.41. The summed E-state index contributed by atoms with van der Waals surface area (Å²) in [7, 11) is -3.50. The smallest absolute Gasteiger partial charge is 0.227 e. The number of amides is 1. The normalized spacial score (nSPS) is 14.6. The summed E-state index contributed by atoms with van der Waals surface area (Å²) in [6, 6.07) is 8.44. The summed E-state index contributed by atoms with van der Waals surface area (Å²) in [6.45, 7) is 0. The first-order valence-corrected chi connectivity index (χ1v) is 9.07. The van der Waals surface area contributed by atoms with E-state index in [4.69, 9.17) is 4.52 Å². The van der Waals surface area contributed by atoms with Crippen LogP contribution in [0.2, 0.25) is 0 Å². The molecule has 1 aromatic carbocycles. The highest BCUT2D eigenvalue weighted by atomic mass is 32.2. The van der Waals surface area contributed by atoms with Gasteiger partial charge in [0.15, 0.2) is 15.7 Å². The van der Waals surface area contributed by atoms with Crippen LogP contribution in [0.1, 0.15) is 31.0 Å². The molecule has 1 heterocycles. The Balaban J connectivity index is 1.57. The summed E-state index contributed by atoms with van der Waals surface area (Å²) in [5.74, 6) is -0.000712. The molecule has 2 aromatic rings. The number of aryl methyl sites for hydroxylation is 1. The predicted octanol–water partition coefficient (Wildman–Crippen LogP) is 1.25. The molecule has 0 unspecified atom stereocenters. The van der Waals surface area contributed by atoms with E-state index in [9.17, 15) is 13.2 Å². The van der Waals surface area contributed by atoms with Crippen LogP contribution in [0, 0.1) is 0 Å². The lowest BCUT2D eigenvalue weighted by Gasteiger charge is -2.00. The third-order valence-electron chi connectivity index (χ3n) is 3.44. The second-order valence-electron chi connectivity index (χ2n) is 5.52. The number of nitrogens with zero attached hydrogens (tertiary/aromatic N) is 2. The number of hydrogen-bond acceptors (Lipinski definition) is 6. The molecule has 1 aliphatic carbocycles. The van der Waals surface area contributed by atoms with Gasteiger partial charge in [0.05, 0.1) is 4.90 Å². The predicted molar refractivity (Wildman–Crippen MR) is 81.1 cm³/mol. The molecule has 1 aromatic heterocycles. The Kier molecular flexibility index (Phi) is 4.42. The molecule has 0 aliphatic heterocycles. The van der Waals surface area contributed by atoms with Crippen molar-refractivity contribution in [2.24, 2.45) is 0 Å². The Morgan fingerprint density at radius 1 is 1.26 bits per heavy atom. The quantitative estimate of drug-likeness (QED) is 0.817. The summed E-state index contributed by atoms with van der Waals surface area (Å²) in [5, 5.41) is 6.55. The van der Waals surface area contributed by atoms with Crippen LogP contribution >= 0.6 is 0 Å². The van der Waals surface area contributed by atoms with Gasteiger partial charge in [0.2, 0.25) is 11.8 Å². The highest BCUT2D eigenvalue weighted by Gasteiger charge is 2.23. The first kappa shape index (κ1) is 15.7. The Morgan fingerprint density at radius 2 is 2.00 bits per heavy atom. The second-order valence-corrected chi connectivity index (χ2v) is 7.51. The molecular formula is C15H17N3O4S. The average Bonchev–Trinajstić information content (AvgIpc) is 3.23. The number of carbonyl (C=O) groups is 1. The van der Waals surface area contributed by atoms with E-state index in [0.717, 1.165) is 12.8 Å². The molecule has 7 nitrogen and oxygen atoms in total. The Bertz CT molecular complexity index is 782. The maximum atomic E-state index is 12.2. The minimum Gasteiger partial charge on any atom is -0.353 e. The van der Waals surface area contributed by atoms with Gasteiger partial charge in [-0.2, -0.15) is 4.98 Å². The summed E-state index contributed by atoms with van der Waals surface area (Å²) < 4.78 is 29.5. The molecule has 8 heteroatoms. The fourth-order valence-electron chi connectivity index (χ4n) is 2.08. The van der Waals surface area contributed by atoms with Crippen molar-refractivity contribution in [3.63, 3.8) is 0 Å². The van der Waals surface area contributed by atoms with E-state index >= 15 is 0 Å². The van der Waals surface area contributed by atoms with E-state index in [0.29, 0.717) is 12.5 Å². The zero-order chi connectivity index (χ0) is 16.3. The van der Waals surface area contributed by atoms with E-state index in [-0.39, 0.29) is 34.7 Å². The van der Waals surface area contributed by atoms with E-state index < -0.39 is 9.84 Å². The topological polar surface area (TPSA) is 102 Å². The van der Waals surface area contributed by atoms with Crippen molar-refractivity contribution >= 4 is 15.7 Å². The Labute approximate surface area is 134 Å². The third-order valence-corrected chi connectivity index (χ3v) is 5.07. The summed E-state index contributed by atoms with van der Waals surface area (Å²) in [4.78, 5) is 15.9. The van der Waals surface area contributed by atoms with Crippen molar-refractivity contribution in [2.75, 3.05) is 0 Å². The SMILES string of the molecule is O=C(CCc1nc(CS(=O)(=O)c2ccccc2)no1)NC1CC1. The largest absolute Gasteiger partial charge is 0.353 e. The molecule has 0 saturated heterocycles. The Hall–Kier alpha value is -2.22. The number of sulfone groups is 1. The van der Waals surface area contributed by atoms with Gasteiger partial charge in [0, 0.05) is 18.9 Å². The number of hydrogen-bond donors (Lipinski definition) is 1. The molecule has 23 heavy (non-hydrogen) atoms. The Morgan fingerprint density at radius 3 is 2.70 bits per heavy atom.